The van der Waals surface area contributed by atoms with E-state index < -0.39 is 24.4 Å². The van der Waals surface area contributed by atoms with Gasteiger partial charge in [0.15, 0.2) is 8.32 Å². The predicted octanol–water partition coefficient (Wildman–Crippen LogP) is 7.60. The van der Waals surface area contributed by atoms with E-state index in [0.717, 1.165) is 32.2 Å². The Morgan fingerprint density at radius 3 is 2.37 bits per heavy atom. The van der Waals surface area contributed by atoms with Gasteiger partial charge < -0.3 is 14.7 Å². The summed E-state index contributed by atoms with van der Waals surface area (Å²) in [6.45, 7) is 17.9. The number of rotatable bonds is 9. The van der Waals surface area contributed by atoms with Gasteiger partial charge in [-0.2, -0.15) is 0 Å². The van der Waals surface area contributed by atoms with E-state index in [1.165, 1.54) is 11.8 Å². The number of hydrogen-bond donors (Lipinski definition) is 2. The number of nitrogens with two attached hydrogens (primary N) is 1. The minimum absolute atomic E-state index is 0.111. The van der Waals surface area contributed by atoms with Crippen molar-refractivity contribution >= 4 is 48.9 Å². The number of benzene rings is 1. The first-order chi connectivity index (χ1) is 17.6. The van der Waals surface area contributed by atoms with Crippen molar-refractivity contribution in [2.45, 2.75) is 87.5 Å². The van der Waals surface area contributed by atoms with Crippen molar-refractivity contribution in [3.8, 4) is 11.1 Å². The SMILES string of the molecule is CC(C)(C)[S+]([O-])NCc1cc(-c2ccnc(N)c2)cc(Cl)c1Sc1ncccc1CO[Si](C)(C)C(C)(C)C. The Labute approximate surface area is 241 Å². The highest BCUT2D eigenvalue weighted by Gasteiger charge is 2.37. The molecule has 0 saturated heterocycles. The molecule has 0 bridgehead atoms. The van der Waals surface area contributed by atoms with Crippen molar-refractivity contribution in [1.29, 1.82) is 0 Å². The molecule has 0 spiro atoms. The number of hydrogen-bond acceptors (Lipinski definition) is 7. The highest BCUT2D eigenvalue weighted by atomic mass is 35.5. The highest BCUT2D eigenvalue weighted by molar-refractivity contribution is 7.99. The molecule has 38 heavy (non-hydrogen) atoms. The maximum absolute atomic E-state index is 12.8. The molecule has 206 valence electrons. The van der Waals surface area contributed by atoms with E-state index in [9.17, 15) is 4.55 Å². The predicted molar refractivity (Wildman–Crippen MR) is 164 cm³/mol. The average molecular weight is 591 g/mol. The highest BCUT2D eigenvalue weighted by Crippen LogP contribution is 2.41. The fourth-order valence-electron chi connectivity index (χ4n) is 3.25. The van der Waals surface area contributed by atoms with Gasteiger partial charge in [0.2, 0.25) is 0 Å². The van der Waals surface area contributed by atoms with Crippen LogP contribution in [-0.4, -0.2) is 27.6 Å². The van der Waals surface area contributed by atoms with E-state index in [2.05, 4.69) is 60.7 Å². The van der Waals surface area contributed by atoms with Crippen molar-refractivity contribution in [1.82, 2.24) is 14.7 Å². The molecule has 0 radical (unpaired) electrons. The summed E-state index contributed by atoms with van der Waals surface area (Å²) < 4.78 is 22.1. The average Bonchev–Trinajstić information content (AvgIpc) is 2.82. The van der Waals surface area contributed by atoms with Crippen molar-refractivity contribution < 1.29 is 8.98 Å². The second kappa shape index (κ2) is 12.3. The van der Waals surface area contributed by atoms with Crippen LogP contribution in [-0.2, 0) is 28.9 Å². The van der Waals surface area contributed by atoms with E-state index in [4.69, 9.17) is 21.8 Å². The summed E-state index contributed by atoms with van der Waals surface area (Å²) in [5.41, 5.74) is 9.70. The quantitative estimate of drug-likeness (QED) is 0.195. The number of nitrogens with zero attached hydrogens (tertiary/aromatic N) is 2. The zero-order chi connectivity index (χ0) is 28.3. The summed E-state index contributed by atoms with van der Waals surface area (Å²) in [4.78, 5) is 9.64. The van der Waals surface area contributed by atoms with Crippen molar-refractivity contribution in [2.24, 2.45) is 0 Å². The summed E-state index contributed by atoms with van der Waals surface area (Å²) in [6.07, 6.45) is 3.46. The van der Waals surface area contributed by atoms with Crippen molar-refractivity contribution in [3.05, 3.63) is 64.9 Å². The van der Waals surface area contributed by atoms with Crippen LogP contribution in [0.2, 0.25) is 23.2 Å². The molecule has 2 heterocycles. The van der Waals surface area contributed by atoms with Crippen LogP contribution in [0.3, 0.4) is 0 Å². The summed E-state index contributed by atoms with van der Waals surface area (Å²) in [5.74, 6) is 0.436. The molecular formula is C28H39ClN4O2S2Si. The van der Waals surface area contributed by atoms with Gasteiger partial charge >= 0.3 is 0 Å². The second-order valence-electron chi connectivity index (χ2n) is 11.7. The Hall–Kier alpha value is -1.59. The van der Waals surface area contributed by atoms with Gasteiger partial charge in [0, 0.05) is 34.2 Å². The van der Waals surface area contributed by atoms with Gasteiger partial charge in [0.1, 0.15) is 15.6 Å². The molecule has 1 unspecified atom stereocenters. The maximum atomic E-state index is 12.8. The van der Waals surface area contributed by atoms with Crippen LogP contribution in [0.15, 0.2) is 58.7 Å². The molecule has 0 saturated carbocycles. The van der Waals surface area contributed by atoms with Crippen LogP contribution in [0.4, 0.5) is 5.82 Å². The van der Waals surface area contributed by atoms with E-state index in [0.29, 0.717) is 24.0 Å². The fourth-order valence-corrected chi connectivity index (χ4v) is 6.25. The monoisotopic (exact) mass is 590 g/mol. The number of anilines is 1. The number of halogens is 1. The molecule has 2 aromatic heterocycles. The van der Waals surface area contributed by atoms with Crippen LogP contribution in [0, 0.1) is 0 Å². The smallest absolute Gasteiger partial charge is 0.192 e. The lowest BCUT2D eigenvalue weighted by Gasteiger charge is -2.36. The number of nitrogens with one attached hydrogen (secondary N) is 1. The van der Waals surface area contributed by atoms with Crippen LogP contribution in [0.5, 0.6) is 0 Å². The molecule has 0 fully saturated rings. The molecule has 0 aliphatic carbocycles. The van der Waals surface area contributed by atoms with E-state index in [-0.39, 0.29) is 5.04 Å². The third-order valence-corrected chi connectivity index (χ3v) is 14.3. The number of nitrogen functional groups attached to an aromatic ring is 1. The lowest BCUT2D eigenvalue weighted by atomic mass is 10.0. The minimum atomic E-state index is -1.94. The zero-order valence-corrected chi connectivity index (χ0v) is 26.9. The number of pyridine rings is 2. The molecular weight excluding hydrogens is 552 g/mol. The maximum Gasteiger partial charge on any atom is 0.192 e. The molecule has 3 N–H and O–H groups in total. The fraction of sp³-hybridized carbons (Fsp3) is 0.429. The van der Waals surface area contributed by atoms with Crippen LogP contribution in [0.25, 0.3) is 11.1 Å². The van der Waals surface area contributed by atoms with Gasteiger partial charge in [-0.1, -0.05) is 50.2 Å². The largest absolute Gasteiger partial charge is 0.598 e. The standard InChI is InChI=1S/C28H39ClN4O2S2Si/c1-27(2,3)37(34)33-17-22-14-21(19-11-13-31-24(30)16-19)15-23(29)25(22)36-26-20(10-9-12-32-26)18-35-38(7,8)28(4,5)6/h9-16,33H,17-18H2,1-8H3,(H2,30,31). The van der Waals surface area contributed by atoms with Gasteiger partial charge in [-0.05, 0) is 85.9 Å². The van der Waals surface area contributed by atoms with Gasteiger partial charge in [0.05, 0.1) is 18.2 Å². The van der Waals surface area contributed by atoms with Gasteiger partial charge in [0.25, 0.3) is 0 Å². The molecule has 6 nitrogen and oxygen atoms in total. The summed E-state index contributed by atoms with van der Waals surface area (Å²) in [6, 6.07) is 11.7. The van der Waals surface area contributed by atoms with Gasteiger partial charge in [-0.15, -0.1) is 4.72 Å². The molecule has 3 rings (SSSR count). The molecule has 0 aliphatic heterocycles. The molecule has 10 heteroatoms. The normalized spacial score (nSPS) is 13.5. The molecule has 0 amide bonds. The minimum Gasteiger partial charge on any atom is -0.598 e. The lowest BCUT2D eigenvalue weighted by molar-refractivity contribution is 0.273. The third kappa shape index (κ3) is 7.97. The zero-order valence-electron chi connectivity index (χ0n) is 23.5. The third-order valence-electron chi connectivity index (χ3n) is 6.63. The Morgan fingerprint density at radius 2 is 1.74 bits per heavy atom. The summed E-state index contributed by atoms with van der Waals surface area (Å²) >= 11 is 7.18. The topological polar surface area (TPSA) is 96.1 Å². The van der Waals surface area contributed by atoms with Crippen molar-refractivity contribution in [2.75, 3.05) is 5.73 Å². The Balaban J connectivity index is 1.99. The summed E-state index contributed by atoms with van der Waals surface area (Å²) in [7, 11) is -1.94. The lowest BCUT2D eigenvalue weighted by Crippen LogP contribution is -2.40. The van der Waals surface area contributed by atoms with E-state index >= 15 is 0 Å². The molecule has 1 aromatic carbocycles. The van der Waals surface area contributed by atoms with E-state index in [1.807, 2.05) is 45.0 Å². The Morgan fingerprint density at radius 1 is 1.03 bits per heavy atom. The van der Waals surface area contributed by atoms with Crippen LogP contribution < -0.4 is 10.5 Å². The first kappa shape index (κ1) is 30.9. The van der Waals surface area contributed by atoms with Gasteiger partial charge in [-0.25, -0.2) is 9.97 Å². The van der Waals surface area contributed by atoms with Gasteiger partial charge in [-0.3, -0.25) is 0 Å². The van der Waals surface area contributed by atoms with Crippen LogP contribution >= 0.6 is 23.4 Å². The Bertz CT molecular complexity index is 1260. The molecule has 3 aromatic rings. The Kier molecular flexibility index (Phi) is 10.0. The first-order valence-corrected chi connectivity index (χ1v) is 17.8. The second-order valence-corrected chi connectivity index (χ2v) is 20.0. The molecule has 1 atom stereocenters. The first-order valence-electron chi connectivity index (χ1n) is 12.5. The summed E-state index contributed by atoms with van der Waals surface area (Å²) in [5, 5.41) is 1.54. The van der Waals surface area contributed by atoms with Crippen molar-refractivity contribution in [3.63, 3.8) is 0 Å². The van der Waals surface area contributed by atoms with E-state index in [1.54, 1.807) is 12.4 Å². The van der Waals surface area contributed by atoms with Crippen LogP contribution in [0.1, 0.15) is 52.7 Å². The molecule has 0 aliphatic rings. The number of aromatic nitrogens is 2.